The first-order valence-electron chi connectivity index (χ1n) is 8.45. The minimum Gasteiger partial charge on any atom is -0.384 e. The monoisotopic (exact) mass is 336 g/mol. The van der Waals surface area contributed by atoms with Gasteiger partial charge in [0.2, 0.25) is 11.9 Å². The molecule has 0 unspecified atom stereocenters. The van der Waals surface area contributed by atoms with Crippen LogP contribution in [0.5, 0.6) is 0 Å². The Balaban J connectivity index is 1.62. The summed E-state index contributed by atoms with van der Waals surface area (Å²) in [5.41, 5.74) is 9.18. The zero-order valence-electron chi connectivity index (χ0n) is 13.8. The zero-order valence-corrected chi connectivity index (χ0v) is 13.8. The van der Waals surface area contributed by atoms with Crippen LogP contribution in [0.4, 0.5) is 11.6 Å². The minimum absolute atomic E-state index is 0.00721. The van der Waals surface area contributed by atoms with Gasteiger partial charge in [-0.3, -0.25) is 10.1 Å². The van der Waals surface area contributed by atoms with Gasteiger partial charge in [-0.15, -0.1) is 5.10 Å². The number of hydrogen-bond donors (Lipinski definition) is 3. The molecule has 1 amide bonds. The van der Waals surface area contributed by atoms with Crippen molar-refractivity contribution in [1.29, 1.82) is 0 Å². The predicted octanol–water partition coefficient (Wildman–Crippen LogP) is 2.12. The molecule has 1 aromatic carbocycles. The van der Waals surface area contributed by atoms with Crippen LogP contribution in [-0.4, -0.2) is 33.6 Å². The van der Waals surface area contributed by atoms with Gasteiger partial charge in [0.1, 0.15) is 0 Å². The van der Waals surface area contributed by atoms with E-state index in [1.54, 1.807) is 4.52 Å². The molecule has 4 N–H and O–H groups in total. The summed E-state index contributed by atoms with van der Waals surface area (Å²) in [5.74, 6) is 0.484. The van der Waals surface area contributed by atoms with Crippen LogP contribution in [-0.2, 0) is 4.79 Å². The number of benzene rings is 1. The zero-order chi connectivity index (χ0) is 17.2. The molecule has 1 aliphatic rings. The van der Waals surface area contributed by atoms with Crippen LogP contribution in [0, 0.1) is 5.92 Å². The fourth-order valence-electron chi connectivity index (χ4n) is 2.71. The average molecular weight is 336 g/mol. The third kappa shape index (κ3) is 3.32. The molecule has 25 heavy (non-hydrogen) atoms. The topological polar surface area (TPSA) is 97.3 Å². The van der Waals surface area contributed by atoms with Gasteiger partial charge in [0.15, 0.2) is 5.65 Å². The normalized spacial score (nSPS) is 13.8. The molecule has 1 saturated carbocycles. The Kier molecular flexibility index (Phi) is 4.07. The van der Waals surface area contributed by atoms with E-state index in [0.717, 1.165) is 36.3 Å². The van der Waals surface area contributed by atoms with Gasteiger partial charge in [0, 0.05) is 30.3 Å². The largest absolute Gasteiger partial charge is 0.384 e. The van der Waals surface area contributed by atoms with Gasteiger partial charge >= 0.3 is 0 Å². The van der Waals surface area contributed by atoms with Crippen molar-refractivity contribution < 1.29 is 4.79 Å². The summed E-state index contributed by atoms with van der Waals surface area (Å²) < 4.78 is 1.75. The molecule has 4 rings (SSSR count). The van der Waals surface area contributed by atoms with Gasteiger partial charge in [0.25, 0.3) is 0 Å². The van der Waals surface area contributed by atoms with E-state index in [-0.39, 0.29) is 11.8 Å². The van der Waals surface area contributed by atoms with Gasteiger partial charge in [-0.1, -0.05) is 18.2 Å². The van der Waals surface area contributed by atoms with Crippen LogP contribution in [0.3, 0.4) is 0 Å². The number of nitrogens with one attached hydrogen (secondary N) is 2. The third-order valence-electron chi connectivity index (χ3n) is 4.20. The standard InChI is InChI=1S/C18H20N6O/c19-10-11-20-14-8-6-12(7-9-14)15-2-1-3-16-21-18(23-24(15)16)22-17(25)13-4-5-13/h1-3,6-9,13,20H,4-5,10-11,19H2,(H,22,23,25). The van der Waals surface area contributed by atoms with Crippen molar-refractivity contribution in [3.05, 3.63) is 42.5 Å². The molecular formula is C18H20N6O. The van der Waals surface area contributed by atoms with E-state index in [2.05, 4.69) is 20.7 Å². The maximum absolute atomic E-state index is 11.9. The van der Waals surface area contributed by atoms with Gasteiger partial charge in [0.05, 0.1) is 5.69 Å². The van der Waals surface area contributed by atoms with Gasteiger partial charge in [-0.2, -0.15) is 4.98 Å². The Bertz CT molecular complexity index is 898. The Hall–Kier alpha value is -2.93. The van der Waals surface area contributed by atoms with Crippen LogP contribution in [0.15, 0.2) is 42.5 Å². The first-order chi connectivity index (χ1) is 12.2. The van der Waals surface area contributed by atoms with E-state index in [1.807, 2.05) is 42.5 Å². The van der Waals surface area contributed by atoms with E-state index >= 15 is 0 Å². The second-order valence-electron chi connectivity index (χ2n) is 6.17. The predicted molar refractivity (Wildman–Crippen MR) is 97.3 cm³/mol. The maximum Gasteiger partial charge on any atom is 0.249 e. The molecule has 2 aromatic heterocycles. The van der Waals surface area contributed by atoms with Crippen molar-refractivity contribution >= 4 is 23.2 Å². The summed E-state index contributed by atoms with van der Waals surface area (Å²) in [5, 5.41) is 10.5. The van der Waals surface area contributed by atoms with E-state index < -0.39 is 0 Å². The summed E-state index contributed by atoms with van der Waals surface area (Å²) in [4.78, 5) is 16.3. The number of hydrogen-bond acceptors (Lipinski definition) is 5. The van der Waals surface area contributed by atoms with Crippen LogP contribution in [0.2, 0.25) is 0 Å². The number of rotatable bonds is 6. The first-order valence-corrected chi connectivity index (χ1v) is 8.45. The van der Waals surface area contributed by atoms with Crippen molar-refractivity contribution in [3.8, 4) is 11.3 Å². The number of pyridine rings is 1. The quantitative estimate of drug-likeness (QED) is 0.640. The average Bonchev–Trinajstić information content (AvgIpc) is 3.40. The number of fused-ring (bicyclic) bond motifs is 1. The summed E-state index contributed by atoms with van der Waals surface area (Å²) in [6.45, 7) is 1.33. The highest BCUT2D eigenvalue weighted by Gasteiger charge is 2.30. The second kappa shape index (κ2) is 6.52. The number of amides is 1. The highest BCUT2D eigenvalue weighted by atomic mass is 16.2. The molecule has 0 spiro atoms. The Labute approximate surface area is 145 Å². The fourth-order valence-corrected chi connectivity index (χ4v) is 2.71. The van der Waals surface area contributed by atoms with Gasteiger partial charge in [-0.25, -0.2) is 4.52 Å². The van der Waals surface area contributed by atoms with Crippen molar-refractivity contribution in [3.63, 3.8) is 0 Å². The molecule has 7 nitrogen and oxygen atoms in total. The molecule has 128 valence electrons. The molecule has 0 radical (unpaired) electrons. The van der Waals surface area contributed by atoms with E-state index in [4.69, 9.17) is 5.73 Å². The smallest absolute Gasteiger partial charge is 0.249 e. The Morgan fingerprint density at radius 2 is 2.00 bits per heavy atom. The van der Waals surface area contributed by atoms with Crippen molar-refractivity contribution in [2.45, 2.75) is 12.8 Å². The van der Waals surface area contributed by atoms with Crippen LogP contribution >= 0.6 is 0 Å². The lowest BCUT2D eigenvalue weighted by Gasteiger charge is -2.07. The molecule has 2 heterocycles. The van der Waals surface area contributed by atoms with Crippen LogP contribution in [0.1, 0.15) is 12.8 Å². The molecule has 0 atom stereocenters. The van der Waals surface area contributed by atoms with Crippen LogP contribution < -0.4 is 16.4 Å². The third-order valence-corrected chi connectivity index (χ3v) is 4.20. The molecule has 3 aromatic rings. The minimum atomic E-state index is 0.00721. The van der Waals surface area contributed by atoms with Crippen molar-refractivity contribution in [1.82, 2.24) is 14.6 Å². The summed E-state index contributed by atoms with van der Waals surface area (Å²) in [7, 11) is 0. The Morgan fingerprint density at radius 1 is 1.20 bits per heavy atom. The molecule has 0 bridgehead atoms. The number of aromatic nitrogens is 3. The van der Waals surface area contributed by atoms with Crippen LogP contribution in [0.25, 0.3) is 16.9 Å². The lowest BCUT2D eigenvalue weighted by atomic mass is 10.1. The van der Waals surface area contributed by atoms with E-state index in [1.165, 1.54) is 0 Å². The number of nitrogens with two attached hydrogens (primary N) is 1. The molecule has 0 saturated heterocycles. The Morgan fingerprint density at radius 3 is 2.72 bits per heavy atom. The molecule has 1 fully saturated rings. The first kappa shape index (κ1) is 15.6. The summed E-state index contributed by atoms with van der Waals surface area (Å²) in [6, 6.07) is 13.9. The number of carbonyl (C=O) groups excluding carboxylic acids is 1. The molecule has 7 heteroatoms. The van der Waals surface area contributed by atoms with E-state index in [0.29, 0.717) is 18.1 Å². The SMILES string of the molecule is NCCNc1ccc(-c2cccc3nc(NC(=O)C4CC4)nn23)cc1. The molecule has 0 aliphatic heterocycles. The number of carbonyl (C=O) groups is 1. The maximum atomic E-state index is 11.9. The lowest BCUT2D eigenvalue weighted by molar-refractivity contribution is -0.117. The highest BCUT2D eigenvalue weighted by molar-refractivity contribution is 5.92. The van der Waals surface area contributed by atoms with Gasteiger partial charge < -0.3 is 11.1 Å². The van der Waals surface area contributed by atoms with E-state index in [9.17, 15) is 4.79 Å². The number of nitrogens with zero attached hydrogens (tertiary/aromatic N) is 3. The molecular weight excluding hydrogens is 316 g/mol. The summed E-state index contributed by atoms with van der Waals surface area (Å²) in [6.07, 6.45) is 1.91. The van der Waals surface area contributed by atoms with Crippen molar-refractivity contribution in [2.75, 3.05) is 23.7 Å². The summed E-state index contributed by atoms with van der Waals surface area (Å²) >= 11 is 0. The van der Waals surface area contributed by atoms with Crippen molar-refractivity contribution in [2.24, 2.45) is 11.7 Å². The highest BCUT2D eigenvalue weighted by Crippen LogP contribution is 2.30. The fraction of sp³-hybridized carbons (Fsp3) is 0.278. The number of anilines is 2. The second-order valence-corrected chi connectivity index (χ2v) is 6.17. The molecule has 1 aliphatic carbocycles. The lowest BCUT2D eigenvalue weighted by Crippen LogP contribution is -2.14. The van der Waals surface area contributed by atoms with Gasteiger partial charge in [-0.05, 0) is 37.1 Å².